The third-order valence-electron chi connectivity index (χ3n) is 0.607. The Kier molecular flexibility index (Phi) is 109. The molecule has 0 aromatic heterocycles. The Morgan fingerprint density at radius 2 is 0.917 bits per heavy atom. The Labute approximate surface area is 81.5 Å². The molecule has 12 heavy (non-hydrogen) atoms. The van der Waals surface area contributed by atoms with Gasteiger partial charge in [-0.15, -0.1) is 0 Å². The van der Waals surface area contributed by atoms with Gasteiger partial charge >= 0.3 is 0 Å². The minimum atomic E-state index is 0. The van der Waals surface area contributed by atoms with Crippen molar-refractivity contribution in [1.29, 1.82) is 0 Å². The molecule has 0 unspecified atom stereocenters. The predicted octanol–water partition coefficient (Wildman–Crippen LogP) is -13.5. The van der Waals surface area contributed by atoms with Crippen LogP contribution >= 0.6 is 0 Å². The van der Waals surface area contributed by atoms with Crippen molar-refractivity contribution in [3.63, 3.8) is 0 Å². The van der Waals surface area contributed by atoms with Crippen LogP contribution in [0.4, 0.5) is 0 Å². The molecule has 0 N–H and O–H groups in total. The van der Waals surface area contributed by atoms with Gasteiger partial charge in [-0.05, 0) is 6.07 Å². The van der Waals surface area contributed by atoms with Gasteiger partial charge in [0.2, 0.25) is 0 Å². The van der Waals surface area contributed by atoms with Crippen molar-refractivity contribution >= 4 is 0 Å². The zero-order valence-electron chi connectivity index (χ0n) is 5.68. The first-order valence-electron chi connectivity index (χ1n) is 1.91. The van der Waals surface area contributed by atoms with E-state index in [9.17, 15) is 0 Å². The van der Waals surface area contributed by atoms with E-state index in [-0.39, 0.29) is 44.6 Å². The van der Waals surface area contributed by atoms with E-state index in [0.717, 1.165) is 0 Å². The summed E-state index contributed by atoms with van der Waals surface area (Å²) in [6.07, 6.45) is 0. The molecule has 0 spiro atoms. The second kappa shape index (κ2) is 31.2. The molecule has 0 heterocycles. The van der Waals surface area contributed by atoms with Crippen LogP contribution in [0.1, 0.15) is 0 Å². The fourth-order valence-corrected chi connectivity index (χ4v) is 0.342. The first kappa shape index (κ1) is 41.7. The summed E-state index contributed by atoms with van der Waals surface area (Å²) in [5.74, 6) is 0. The standard InChI is InChI=1S/C6H5.5FH.W/c1-2-4-6-5-3-1;;;;;;/h1-5H;5*1H;/p-5. The van der Waals surface area contributed by atoms with E-state index in [1.807, 2.05) is 30.3 Å². The van der Waals surface area contributed by atoms with Crippen LogP contribution < -0.4 is 23.5 Å². The van der Waals surface area contributed by atoms with E-state index in [2.05, 4.69) is 6.07 Å². The van der Waals surface area contributed by atoms with Crippen molar-refractivity contribution in [1.82, 2.24) is 0 Å². The maximum atomic E-state index is 2.89. The Balaban J connectivity index is -0.0000000150. The second-order valence-electron chi connectivity index (χ2n) is 1.08. The van der Waals surface area contributed by atoms with Gasteiger partial charge in [-0.25, -0.2) is 0 Å². The van der Waals surface area contributed by atoms with Crippen LogP contribution in [-0.4, -0.2) is 0 Å². The van der Waals surface area contributed by atoms with Crippen LogP contribution in [0.25, 0.3) is 0 Å². The van der Waals surface area contributed by atoms with Crippen LogP contribution in [0.2, 0.25) is 0 Å². The van der Waals surface area contributed by atoms with Crippen molar-refractivity contribution in [2.24, 2.45) is 0 Å². The van der Waals surface area contributed by atoms with Crippen molar-refractivity contribution in [2.45, 2.75) is 0 Å². The average molecular weight is 356 g/mol. The van der Waals surface area contributed by atoms with Gasteiger partial charge in [0.1, 0.15) is 0 Å². The van der Waals surface area contributed by atoms with Crippen LogP contribution in [0.15, 0.2) is 30.3 Å². The van der Waals surface area contributed by atoms with E-state index < -0.39 is 0 Å². The van der Waals surface area contributed by atoms with Gasteiger partial charge in [-0.3, -0.25) is 0 Å². The molecule has 0 saturated carbocycles. The third kappa shape index (κ3) is 22.7. The smallest absolute Gasteiger partial charge is 0 e. The predicted molar refractivity (Wildman–Crippen MR) is 25.3 cm³/mol. The van der Waals surface area contributed by atoms with Gasteiger partial charge in [0.25, 0.3) is 0 Å². The molecule has 0 bridgehead atoms. The van der Waals surface area contributed by atoms with E-state index >= 15 is 0 Å². The number of rotatable bonds is 0. The van der Waals surface area contributed by atoms with Crippen LogP contribution in [-0.2, 0) is 21.1 Å². The molecular weight excluding hydrogens is 351 g/mol. The van der Waals surface area contributed by atoms with Gasteiger partial charge in [-0.1, -0.05) is 30.3 Å². The summed E-state index contributed by atoms with van der Waals surface area (Å²) in [6.45, 7) is 0. The zero-order chi connectivity index (χ0) is 4.24. The molecule has 0 aliphatic rings. The van der Waals surface area contributed by atoms with E-state index in [4.69, 9.17) is 0 Å². The molecule has 0 aliphatic heterocycles. The van der Waals surface area contributed by atoms with Crippen molar-refractivity contribution in [3.05, 3.63) is 36.4 Å². The third-order valence-corrected chi connectivity index (χ3v) is 0.607. The topological polar surface area (TPSA) is 0 Å². The molecule has 1 aromatic rings. The Hall–Kier alpha value is -0.442. The SMILES string of the molecule is [F-].[F-].[F-].[F-].[F-].[W].[c]1ccccc1. The van der Waals surface area contributed by atoms with Crippen molar-refractivity contribution in [3.8, 4) is 0 Å². The zero-order valence-corrected chi connectivity index (χ0v) is 8.62. The number of halogens is 5. The molecule has 0 atom stereocenters. The molecule has 75 valence electrons. The number of hydrogen-bond donors (Lipinski definition) is 0. The van der Waals surface area contributed by atoms with Gasteiger partial charge < -0.3 is 23.5 Å². The summed E-state index contributed by atoms with van der Waals surface area (Å²) in [5.41, 5.74) is 0. The summed E-state index contributed by atoms with van der Waals surface area (Å²) >= 11 is 0. The normalized spacial score (nSPS) is 4.00. The molecule has 1 radical (unpaired) electrons. The molecule has 1 aromatic carbocycles. The minimum Gasteiger partial charge on any atom is -1.00 e. The quantitative estimate of drug-likeness (QED) is 0.406. The Morgan fingerprint density at radius 3 is 1.00 bits per heavy atom. The number of benzene rings is 1. The molecule has 1 rings (SSSR count). The van der Waals surface area contributed by atoms with Gasteiger partial charge in [0, 0.05) is 21.1 Å². The molecule has 0 saturated heterocycles. The van der Waals surface area contributed by atoms with Crippen LogP contribution in [0, 0.1) is 6.07 Å². The molecule has 0 amide bonds. The summed E-state index contributed by atoms with van der Waals surface area (Å²) in [7, 11) is 0. The fourth-order valence-electron chi connectivity index (χ4n) is 0.342. The maximum Gasteiger partial charge on any atom is 0 e. The van der Waals surface area contributed by atoms with E-state index in [0.29, 0.717) is 0 Å². The largest absolute Gasteiger partial charge is 1.00 e. The molecule has 0 nitrogen and oxygen atoms in total. The molecule has 0 aliphatic carbocycles. The minimum absolute atomic E-state index is 0. The van der Waals surface area contributed by atoms with Gasteiger partial charge in [-0.2, -0.15) is 0 Å². The van der Waals surface area contributed by atoms with E-state index in [1.165, 1.54) is 0 Å². The van der Waals surface area contributed by atoms with Crippen molar-refractivity contribution in [2.75, 3.05) is 0 Å². The summed E-state index contributed by atoms with van der Waals surface area (Å²) in [4.78, 5) is 0. The monoisotopic (exact) mass is 356 g/mol. The number of hydrogen-bond acceptors (Lipinski definition) is 0. The van der Waals surface area contributed by atoms with Crippen LogP contribution in [0.3, 0.4) is 0 Å². The molecule has 6 heteroatoms. The summed E-state index contributed by atoms with van der Waals surface area (Å²) < 4.78 is 0. The van der Waals surface area contributed by atoms with Crippen LogP contribution in [0.5, 0.6) is 0 Å². The van der Waals surface area contributed by atoms with Gasteiger partial charge in [0.15, 0.2) is 0 Å². The first-order chi connectivity index (χ1) is 3.00. The summed E-state index contributed by atoms with van der Waals surface area (Å²) in [6, 6.07) is 12.5. The average Bonchev–Trinajstić information content (AvgIpc) is 1.72. The second-order valence-corrected chi connectivity index (χ2v) is 1.08. The fraction of sp³-hybridized carbons (Fsp3) is 0. The van der Waals surface area contributed by atoms with Gasteiger partial charge in [0.05, 0.1) is 0 Å². The Bertz CT molecular complexity index is 87.9. The van der Waals surface area contributed by atoms with E-state index in [1.54, 1.807) is 0 Å². The first-order valence-corrected chi connectivity index (χ1v) is 1.91. The van der Waals surface area contributed by atoms with Crippen molar-refractivity contribution < 1.29 is 44.6 Å². The maximum absolute atomic E-state index is 2.89. The molecule has 0 fully saturated rings. The molecular formula is C6H5F5W-5. The summed E-state index contributed by atoms with van der Waals surface area (Å²) in [5, 5.41) is 0. The Morgan fingerprint density at radius 1 is 0.583 bits per heavy atom.